The number of hydrogen-bond donors (Lipinski definition) is 1. The standard InChI is InChI=1S/C14H20N4O2/c1-3-7-17-8-9-18(14(20)13(17)19)10-11-5-4-6-16-12(11)15-2/h4-6H,3,7-10H2,1-2H3,(H,15,16). The van der Waals surface area contributed by atoms with Crippen molar-refractivity contribution in [3.63, 3.8) is 0 Å². The van der Waals surface area contributed by atoms with Gasteiger partial charge in [-0.2, -0.15) is 0 Å². The minimum atomic E-state index is -0.421. The predicted molar refractivity (Wildman–Crippen MR) is 76.1 cm³/mol. The summed E-state index contributed by atoms with van der Waals surface area (Å²) >= 11 is 0. The fraction of sp³-hybridized carbons (Fsp3) is 0.500. The Kier molecular flexibility index (Phi) is 4.55. The minimum absolute atomic E-state index is 0.395. The maximum absolute atomic E-state index is 12.1. The average molecular weight is 276 g/mol. The van der Waals surface area contributed by atoms with Gasteiger partial charge >= 0.3 is 11.8 Å². The van der Waals surface area contributed by atoms with Crippen molar-refractivity contribution >= 4 is 17.6 Å². The molecule has 0 unspecified atom stereocenters. The van der Waals surface area contributed by atoms with Gasteiger partial charge in [-0.15, -0.1) is 0 Å². The molecule has 1 aromatic heterocycles. The van der Waals surface area contributed by atoms with Crippen LogP contribution in [0, 0.1) is 0 Å². The first-order valence-electron chi connectivity index (χ1n) is 6.87. The van der Waals surface area contributed by atoms with Crippen LogP contribution in [-0.4, -0.2) is 53.3 Å². The summed E-state index contributed by atoms with van der Waals surface area (Å²) in [5.74, 6) is -0.0765. The molecule has 2 heterocycles. The predicted octanol–water partition coefficient (Wildman–Crippen LogP) is 0.704. The van der Waals surface area contributed by atoms with E-state index < -0.39 is 11.8 Å². The van der Waals surface area contributed by atoms with Gasteiger partial charge in [0.2, 0.25) is 0 Å². The highest BCUT2D eigenvalue weighted by Gasteiger charge is 2.32. The highest BCUT2D eigenvalue weighted by Crippen LogP contribution is 2.16. The van der Waals surface area contributed by atoms with Crippen LogP contribution in [0.15, 0.2) is 18.3 Å². The van der Waals surface area contributed by atoms with Crippen molar-refractivity contribution in [1.29, 1.82) is 0 Å². The third kappa shape index (κ3) is 2.89. The van der Waals surface area contributed by atoms with Crippen LogP contribution >= 0.6 is 0 Å². The van der Waals surface area contributed by atoms with E-state index in [0.717, 1.165) is 17.8 Å². The first-order valence-corrected chi connectivity index (χ1v) is 6.87. The molecule has 0 saturated carbocycles. The van der Waals surface area contributed by atoms with Crippen molar-refractivity contribution in [2.75, 3.05) is 32.0 Å². The molecule has 20 heavy (non-hydrogen) atoms. The molecule has 1 aliphatic rings. The largest absolute Gasteiger partial charge is 0.373 e. The zero-order valence-electron chi connectivity index (χ0n) is 11.9. The zero-order chi connectivity index (χ0) is 14.5. The number of hydrogen-bond acceptors (Lipinski definition) is 4. The fourth-order valence-electron chi connectivity index (χ4n) is 2.35. The van der Waals surface area contributed by atoms with E-state index in [4.69, 9.17) is 0 Å². The molecule has 0 aromatic carbocycles. The van der Waals surface area contributed by atoms with E-state index >= 15 is 0 Å². The zero-order valence-corrected chi connectivity index (χ0v) is 11.9. The van der Waals surface area contributed by atoms with E-state index in [0.29, 0.717) is 26.2 Å². The molecule has 1 saturated heterocycles. The number of carbonyl (C=O) groups excluding carboxylic acids is 2. The van der Waals surface area contributed by atoms with E-state index in [2.05, 4.69) is 10.3 Å². The molecule has 6 nitrogen and oxygen atoms in total. The molecule has 0 atom stereocenters. The highest BCUT2D eigenvalue weighted by molar-refractivity contribution is 6.35. The Morgan fingerprint density at radius 2 is 1.95 bits per heavy atom. The molecule has 2 rings (SSSR count). The van der Waals surface area contributed by atoms with E-state index in [1.54, 1.807) is 23.0 Å². The number of aromatic nitrogens is 1. The Hall–Kier alpha value is -2.11. The molecule has 1 fully saturated rings. The van der Waals surface area contributed by atoms with Gasteiger partial charge in [0.15, 0.2) is 0 Å². The van der Waals surface area contributed by atoms with E-state index in [9.17, 15) is 9.59 Å². The first-order chi connectivity index (χ1) is 9.67. The summed E-state index contributed by atoms with van der Waals surface area (Å²) in [7, 11) is 1.79. The lowest BCUT2D eigenvalue weighted by molar-refractivity contribution is -0.156. The molecule has 2 amide bonds. The monoisotopic (exact) mass is 276 g/mol. The summed E-state index contributed by atoms with van der Waals surface area (Å²) in [6, 6.07) is 3.74. The lowest BCUT2D eigenvalue weighted by Gasteiger charge is -2.33. The average Bonchev–Trinajstić information content (AvgIpc) is 2.47. The van der Waals surface area contributed by atoms with Crippen molar-refractivity contribution in [1.82, 2.24) is 14.8 Å². The Morgan fingerprint density at radius 1 is 1.25 bits per heavy atom. The second-order valence-corrected chi connectivity index (χ2v) is 4.78. The summed E-state index contributed by atoms with van der Waals surface area (Å²) < 4.78 is 0. The lowest BCUT2D eigenvalue weighted by atomic mass is 10.2. The van der Waals surface area contributed by atoms with Crippen LogP contribution in [0.25, 0.3) is 0 Å². The lowest BCUT2D eigenvalue weighted by Crippen LogP contribution is -2.54. The van der Waals surface area contributed by atoms with Crippen molar-refractivity contribution in [2.24, 2.45) is 0 Å². The van der Waals surface area contributed by atoms with E-state index in [-0.39, 0.29) is 0 Å². The van der Waals surface area contributed by atoms with E-state index in [1.165, 1.54) is 0 Å². The molecule has 0 aliphatic carbocycles. The van der Waals surface area contributed by atoms with Gasteiger partial charge in [-0.3, -0.25) is 9.59 Å². The van der Waals surface area contributed by atoms with Crippen LogP contribution in [0.1, 0.15) is 18.9 Å². The molecule has 1 aromatic rings. The van der Waals surface area contributed by atoms with Crippen LogP contribution in [0.4, 0.5) is 5.82 Å². The molecule has 0 bridgehead atoms. The number of amides is 2. The Labute approximate surface area is 118 Å². The van der Waals surface area contributed by atoms with Gasteiger partial charge in [0.25, 0.3) is 0 Å². The van der Waals surface area contributed by atoms with Gasteiger partial charge in [0.1, 0.15) is 5.82 Å². The molecule has 1 N–H and O–H groups in total. The van der Waals surface area contributed by atoms with Crippen LogP contribution < -0.4 is 5.32 Å². The maximum atomic E-state index is 12.1. The normalized spacial score (nSPS) is 15.7. The molecular formula is C14H20N4O2. The van der Waals surface area contributed by atoms with Gasteiger partial charge in [-0.25, -0.2) is 4.98 Å². The number of piperazine rings is 1. The smallest absolute Gasteiger partial charge is 0.312 e. The Morgan fingerprint density at radius 3 is 2.65 bits per heavy atom. The topological polar surface area (TPSA) is 65.5 Å². The number of nitrogens with zero attached hydrogens (tertiary/aromatic N) is 3. The van der Waals surface area contributed by atoms with E-state index in [1.807, 2.05) is 19.1 Å². The highest BCUT2D eigenvalue weighted by atomic mass is 16.2. The first kappa shape index (κ1) is 14.3. The van der Waals surface area contributed by atoms with Crippen molar-refractivity contribution in [2.45, 2.75) is 19.9 Å². The molecule has 6 heteroatoms. The number of anilines is 1. The second-order valence-electron chi connectivity index (χ2n) is 4.78. The van der Waals surface area contributed by atoms with Crippen LogP contribution in [0.5, 0.6) is 0 Å². The molecular weight excluding hydrogens is 256 g/mol. The third-order valence-corrected chi connectivity index (χ3v) is 3.38. The summed E-state index contributed by atoms with van der Waals surface area (Å²) in [5, 5.41) is 3.00. The molecule has 1 aliphatic heterocycles. The number of pyridine rings is 1. The van der Waals surface area contributed by atoms with Gasteiger partial charge in [0.05, 0.1) is 0 Å². The number of nitrogens with one attached hydrogen (secondary N) is 1. The number of carbonyl (C=O) groups is 2. The summed E-state index contributed by atoms with van der Waals surface area (Å²) in [4.78, 5) is 31.5. The minimum Gasteiger partial charge on any atom is -0.373 e. The molecule has 108 valence electrons. The maximum Gasteiger partial charge on any atom is 0.312 e. The van der Waals surface area contributed by atoms with Crippen molar-refractivity contribution in [3.05, 3.63) is 23.9 Å². The van der Waals surface area contributed by atoms with Crippen molar-refractivity contribution in [3.8, 4) is 0 Å². The fourth-order valence-corrected chi connectivity index (χ4v) is 2.35. The summed E-state index contributed by atoms with van der Waals surface area (Å²) in [6.45, 7) is 4.23. The van der Waals surface area contributed by atoms with Gasteiger partial charge in [-0.1, -0.05) is 13.0 Å². The quantitative estimate of drug-likeness (QED) is 0.804. The molecule has 0 radical (unpaired) electrons. The van der Waals surface area contributed by atoms with Crippen LogP contribution in [0.3, 0.4) is 0 Å². The van der Waals surface area contributed by atoms with Crippen LogP contribution in [0.2, 0.25) is 0 Å². The van der Waals surface area contributed by atoms with Crippen LogP contribution in [-0.2, 0) is 16.1 Å². The van der Waals surface area contributed by atoms with Crippen molar-refractivity contribution < 1.29 is 9.59 Å². The summed E-state index contributed by atoms with van der Waals surface area (Å²) in [6.07, 6.45) is 2.56. The number of rotatable bonds is 5. The summed E-state index contributed by atoms with van der Waals surface area (Å²) in [5.41, 5.74) is 0.917. The van der Waals surface area contributed by atoms with Gasteiger partial charge in [0, 0.05) is 45.0 Å². The molecule has 0 spiro atoms. The van der Waals surface area contributed by atoms with Gasteiger partial charge < -0.3 is 15.1 Å². The Bertz CT molecular complexity index is 504. The third-order valence-electron chi connectivity index (χ3n) is 3.38. The van der Waals surface area contributed by atoms with Gasteiger partial charge in [-0.05, 0) is 12.5 Å². The Balaban J connectivity index is 2.08. The second kappa shape index (κ2) is 6.36. The SMILES string of the molecule is CCCN1CCN(Cc2cccnc2NC)C(=O)C1=O.